The summed E-state index contributed by atoms with van der Waals surface area (Å²) in [7, 11) is 1.60. The van der Waals surface area contributed by atoms with Crippen LogP contribution in [0.5, 0.6) is 5.75 Å². The zero-order chi connectivity index (χ0) is 13.7. The number of anilines is 1. The first kappa shape index (κ1) is 13.0. The Kier molecular flexibility index (Phi) is 4.03. The first-order chi connectivity index (χ1) is 9.19. The maximum atomic E-state index is 11.8. The van der Waals surface area contributed by atoms with Crippen molar-refractivity contribution < 1.29 is 14.3 Å². The first-order valence-electron chi connectivity index (χ1n) is 5.84. The molecule has 19 heavy (non-hydrogen) atoms. The summed E-state index contributed by atoms with van der Waals surface area (Å²) < 4.78 is 10.3. The van der Waals surface area contributed by atoms with Gasteiger partial charge < -0.3 is 15.2 Å². The third-order valence-corrected chi connectivity index (χ3v) is 2.63. The maximum Gasteiger partial charge on any atom is 0.338 e. The first-order valence-corrected chi connectivity index (χ1v) is 5.84. The highest BCUT2D eigenvalue weighted by molar-refractivity contribution is 5.90. The summed E-state index contributed by atoms with van der Waals surface area (Å²) in [4.78, 5) is 11.8. The van der Waals surface area contributed by atoms with Gasteiger partial charge in [-0.05, 0) is 35.9 Å². The maximum absolute atomic E-state index is 11.8. The van der Waals surface area contributed by atoms with Crippen LogP contribution in [0.1, 0.15) is 15.9 Å². The standard InChI is InChI=1S/C15H15NO3/c1-18-14-7-2-4-11(8-14)10-19-15(17)12-5-3-6-13(16)9-12/h2-9H,10,16H2,1H3. The molecule has 0 heterocycles. The second kappa shape index (κ2) is 5.91. The lowest BCUT2D eigenvalue weighted by Crippen LogP contribution is -2.05. The number of nitrogens with two attached hydrogens (primary N) is 1. The molecule has 98 valence electrons. The van der Waals surface area contributed by atoms with Crippen LogP contribution in [0, 0.1) is 0 Å². The number of hydrogen-bond acceptors (Lipinski definition) is 4. The molecule has 0 spiro atoms. The molecule has 0 fully saturated rings. The Labute approximate surface area is 111 Å². The molecule has 0 saturated heterocycles. The minimum Gasteiger partial charge on any atom is -0.497 e. The molecule has 2 N–H and O–H groups in total. The molecule has 4 heteroatoms. The van der Waals surface area contributed by atoms with Gasteiger partial charge in [0.15, 0.2) is 0 Å². The minimum absolute atomic E-state index is 0.199. The fraction of sp³-hybridized carbons (Fsp3) is 0.133. The third-order valence-electron chi connectivity index (χ3n) is 2.63. The molecule has 0 bridgehead atoms. The number of methoxy groups -OCH3 is 1. The molecule has 0 aromatic heterocycles. The van der Waals surface area contributed by atoms with Crippen LogP contribution in [0.3, 0.4) is 0 Å². The molecule has 2 rings (SSSR count). The number of carbonyl (C=O) groups excluding carboxylic acids is 1. The summed E-state index contributed by atoms with van der Waals surface area (Å²) in [6.45, 7) is 0.199. The fourth-order valence-electron chi connectivity index (χ4n) is 1.66. The lowest BCUT2D eigenvalue weighted by Gasteiger charge is -2.07. The summed E-state index contributed by atoms with van der Waals surface area (Å²) in [6.07, 6.45) is 0. The molecule has 0 saturated carbocycles. The van der Waals surface area contributed by atoms with Gasteiger partial charge in [-0.3, -0.25) is 0 Å². The van der Waals surface area contributed by atoms with E-state index in [4.69, 9.17) is 15.2 Å². The predicted molar refractivity (Wildman–Crippen MR) is 73.0 cm³/mol. The molecule has 0 aliphatic carbocycles. The van der Waals surface area contributed by atoms with E-state index in [2.05, 4.69) is 0 Å². The molecule has 2 aromatic carbocycles. The van der Waals surface area contributed by atoms with Crippen LogP contribution >= 0.6 is 0 Å². The Morgan fingerprint density at radius 1 is 1.16 bits per heavy atom. The molecular formula is C15H15NO3. The van der Waals surface area contributed by atoms with Gasteiger partial charge in [0.1, 0.15) is 12.4 Å². The van der Waals surface area contributed by atoms with Crippen molar-refractivity contribution in [3.63, 3.8) is 0 Å². The van der Waals surface area contributed by atoms with Gasteiger partial charge in [0.25, 0.3) is 0 Å². The summed E-state index contributed by atoms with van der Waals surface area (Å²) >= 11 is 0. The lowest BCUT2D eigenvalue weighted by atomic mass is 10.2. The van der Waals surface area contributed by atoms with E-state index in [9.17, 15) is 4.79 Å². The predicted octanol–water partition coefficient (Wildman–Crippen LogP) is 2.63. The van der Waals surface area contributed by atoms with E-state index >= 15 is 0 Å². The van der Waals surface area contributed by atoms with Gasteiger partial charge in [0, 0.05) is 5.69 Å². The Morgan fingerprint density at radius 3 is 2.68 bits per heavy atom. The highest BCUT2D eigenvalue weighted by atomic mass is 16.5. The summed E-state index contributed by atoms with van der Waals surface area (Å²) in [5, 5.41) is 0. The second-order valence-corrected chi connectivity index (χ2v) is 4.05. The number of hydrogen-bond donors (Lipinski definition) is 1. The van der Waals surface area contributed by atoms with Gasteiger partial charge >= 0.3 is 5.97 Å². The molecule has 0 aliphatic heterocycles. The number of nitrogen functional groups attached to an aromatic ring is 1. The van der Waals surface area contributed by atoms with E-state index in [1.54, 1.807) is 31.4 Å². The number of esters is 1. The molecule has 0 aliphatic rings. The van der Waals surface area contributed by atoms with Gasteiger partial charge in [-0.2, -0.15) is 0 Å². The highest BCUT2D eigenvalue weighted by Gasteiger charge is 2.07. The van der Waals surface area contributed by atoms with Gasteiger partial charge in [-0.25, -0.2) is 4.79 Å². The average molecular weight is 257 g/mol. The monoisotopic (exact) mass is 257 g/mol. The molecule has 0 atom stereocenters. The topological polar surface area (TPSA) is 61.5 Å². The van der Waals surface area contributed by atoms with Crippen molar-refractivity contribution in [3.05, 3.63) is 59.7 Å². The largest absolute Gasteiger partial charge is 0.497 e. The molecule has 2 aromatic rings. The van der Waals surface area contributed by atoms with E-state index in [-0.39, 0.29) is 6.61 Å². The van der Waals surface area contributed by atoms with Crippen molar-refractivity contribution in [1.82, 2.24) is 0 Å². The third kappa shape index (κ3) is 3.48. The lowest BCUT2D eigenvalue weighted by molar-refractivity contribution is 0.0472. The van der Waals surface area contributed by atoms with Crippen LogP contribution in [-0.4, -0.2) is 13.1 Å². The van der Waals surface area contributed by atoms with Crippen LogP contribution in [0.4, 0.5) is 5.69 Å². The van der Waals surface area contributed by atoms with Crippen LogP contribution in [-0.2, 0) is 11.3 Å². The number of ether oxygens (including phenoxy) is 2. The van der Waals surface area contributed by atoms with E-state index < -0.39 is 5.97 Å². The Hall–Kier alpha value is -2.49. The highest BCUT2D eigenvalue weighted by Crippen LogP contribution is 2.14. The van der Waals surface area contributed by atoms with Gasteiger partial charge in [-0.1, -0.05) is 18.2 Å². The molecule has 4 nitrogen and oxygen atoms in total. The summed E-state index contributed by atoms with van der Waals surface area (Å²) in [5.41, 5.74) is 7.47. The van der Waals surface area contributed by atoms with Gasteiger partial charge in [0.2, 0.25) is 0 Å². The van der Waals surface area contributed by atoms with Gasteiger partial charge in [-0.15, -0.1) is 0 Å². The molecule has 0 radical (unpaired) electrons. The van der Waals surface area contributed by atoms with E-state index in [1.807, 2.05) is 24.3 Å². The average Bonchev–Trinajstić information content (AvgIpc) is 2.45. The van der Waals surface area contributed by atoms with E-state index in [0.717, 1.165) is 11.3 Å². The number of benzene rings is 2. The van der Waals surface area contributed by atoms with Gasteiger partial charge in [0.05, 0.1) is 12.7 Å². The van der Waals surface area contributed by atoms with Crippen LogP contribution < -0.4 is 10.5 Å². The Balaban J connectivity index is 2.00. The van der Waals surface area contributed by atoms with Crippen molar-refractivity contribution in [2.75, 3.05) is 12.8 Å². The van der Waals surface area contributed by atoms with Crippen molar-refractivity contribution in [1.29, 1.82) is 0 Å². The molecular weight excluding hydrogens is 242 g/mol. The number of carbonyl (C=O) groups is 1. The van der Waals surface area contributed by atoms with Crippen LogP contribution in [0.2, 0.25) is 0 Å². The zero-order valence-electron chi connectivity index (χ0n) is 10.6. The Morgan fingerprint density at radius 2 is 1.95 bits per heavy atom. The van der Waals surface area contributed by atoms with Crippen LogP contribution in [0.15, 0.2) is 48.5 Å². The van der Waals surface area contributed by atoms with Crippen LogP contribution in [0.25, 0.3) is 0 Å². The van der Waals surface area contributed by atoms with Crippen molar-refractivity contribution in [3.8, 4) is 5.75 Å². The van der Waals surface area contributed by atoms with E-state index in [0.29, 0.717) is 11.3 Å². The molecule has 0 unspecified atom stereocenters. The van der Waals surface area contributed by atoms with Crippen molar-refractivity contribution >= 4 is 11.7 Å². The summed E-state index contributed by atoms with van der Waals surface area (Å²) in [6, 6.07) is 14.1. The Bertz CT molecular complexity index is 581. The molecule has 0 amide bonds. The second-order valence-electron chi connectivity index (χ2n) is 4.05. The quantitative estimate of drug-likeness (QED) is 0.675. The van der Waals surface area contributed by atoms with Crippen molar-refractivity contribution in [2.45, 2.75) is 6.61 Å². The van der Waals surface area contributed by atoms with Crippen molar-refractivity contribution in [2.24, 2.45) is 0 Å². The minimum atomic E-state index is -0.393. The fourth-order valence-corrected chi connectivity index (χ4v) is 1.66. The van der Waals surface area contributed by atoms with E-state index in [1.165, 1.54) is 0 Å². The SMILES string of the molecule is COc1cccc(COC(=O)c2cccc(N)c2)c1. The normalized spacial score (nSPS) is 9.95. The zero-order valence-corrected chi connectivity index (χ0v) is 10.6. The number of rotatable bonds is 4. The summed E-state index contributed by atoms with van der Waals surface area (Å²) in [5.74, 6) is 0.340. The smallest absolute Gasteiger partial charge is 0.338 e.